The predicted octanol–water partition coefficient (Wildman–Crippen LogP) is 3.44. The van der Waals surface area contributed by atoms with Gasteiger partial charge in [0.05, 0.1) is 5.76 Å². The molecule has 0 atom stereocenters. The fourth-order valence-corrected chi connectivity index (χ4v) is 0.687. The third-order valence-electron chi connectivity index (χ3n) is 1.64. The van der Waals surface area contributed by atoms with Gasteiger partial charge in [-0.1, -0.05) is 0 Å². The van der Waals surface area contributed by atoms with E-state index in [1.165, 1.54) is 0 Å². The molecule has 2 nitrogen and oxygen atoms in total. The van der Waals surface area contributed by atoms with E-state index in [9.17, 15) is 26.3 Å². The molecule has 94 valence electrons. The van der Waals surface area contributed by atoms with Gasteiger partial charge in [0.2, 0.25) is 0 Å². The molecule has 0 rings (SSSR count). The largest absolute Gasteiger partial charge is 0.488 e. The smallest absolute Gasteiger partial charge is 0.433 e. The molecule has 0 aliphatic rings. The first kappa shape index (κ1) is 14.8. The van der Waals surface area contributed by atoms with Crippen LogP contribution in [0, 0.1) is 5.41 Å². The van der Waals surface area contributed by atoms with E-state index in [0.29, 0.717) is 0 Å². The van der Waals surface area contributed by atoms with Gasteiger partial charge in [0.25, 0.3) is 0 Å². The molecular formula is C8H9F6NO. The summed E-state index contributed by atoms with van der Waals surface area (Å²) in [5.74, 6) is -0.570. The van der Waals surface area contributed by atoms with Crippen LogP contribution >= 0.6 is 0 Å². The Morgan fingerprint density at radius 1 is 1.06 bits per heavy atom. The van der Waals surface area contributed by atoms with E-state index >= 15 is 0 Å². The van der Waals surface area contributed by atoms with Crippen molar-refractivity contribution < 1.29 is 31.1 Å². The molecule has 0 radical (unpaired) electrons. The molecule has 0 saturated carbocycles. The van der Waals surface area contributed by atoms with Gasteiger partial charge >= 0.3 is 12.4 Å². The monoisotopic (exact) mass is 249 g/mol. The van der Waals surface area contributed by atoms with Gasteiger partial charge in [-0.3, -0.25) is 5.41 Å². The number of ether oxygens (including phenoxy) is 1. The molecule has 0 amide bonds. The number of rotatable bonds is 3. The molecule has 0 aromatic carbocycles. The Morgan fingerprint density at radius 3 is 1.81 bits per heavy atom. The van der Waals surface area contributed by atoms with E-state index in [4.69, 9.17) is 5.41 Å². The van der Waals surface area contributed by atoms with Crippen LogP contribution < -0.4 is 0 Å². The lowest BCUT2D eigenvalue weighted by Gasteiger charge is -2.14. The summed E-state index contributed by atoms with van der Waals surface area (Å²) in [4.78, 5) is 0. The number of halogens is 6. The lowest BCUT2D eigenvalue weighted by atomic mass is 10.1. The molecule has 0 spiro atoms. The minimum absolute atomic E-state index is 0.570. The third kappa shape index (κ3) is 5.04. The van der Waals surface area contributed by atoms with Gasteiger partial charge in [-0.05, 0) is 13.8 Å². The maximum Gasteiger partial charge on any atom is 0.433 e. The summed E-state index contributed by atoms with van der Waals surface area (Å²) in [5, 5.41) is 6.67. The Bertz CT molecular complexity index is 301. The molecule has 0 saturated heterocycles. The molecule has 0 aliphatic heterocycles. The van der Waals surface area contributed by atoms with Crippen molar-refractivity contribution >= 4 is 5.71 Å². The van der Waals surface area contributed by atoms with Crippen molar-refractivity contribution in [1.29, 1.82) is 5.41 Å². The van der Waals surface area contributed by atoms with Gasteiger partial charge < -0.3 is 4.74 Å². The highest BCUT2D eigenvalue weighted by molar-refractivity contribution is 6.01. The van der Waals surface area contributed by atoms with Crippen LogP contribution in [0.5, 0.6) is 0 Å². The first-order chi connectivity index (χ1) is 6.95. The van der Waals surface area contributed by atoms with Crippen molar-refractivity contribution in [2.75, 3.05) is 6.61 Å². The average molecular weight is 249 g/mol. The van der Waals surface area contributed by atoms with Crippen molar-refractivity contribution in [3.8, 4) is 0 Å². The number of hydrogen-bond acceptors (Lipinski definition) is 2. The zero-order valence-electron chi connectivity index (χ0n) is 8.38. The van der Waals surface area contributed by atoms with E-state index in [-0.39, 0.29) is 0 Å². The highest BCUT2D eigenvalue weighted by Crippen LogP contribution is 2.24. The normalized spacial score (nSPS) is 14.5. The molecule has 0 bridgehead atoms. The number of allylic oxidation sites excluding steroid dienone is 2. The summed E-state index contributed by atoms with van der Waals surface area (Å²) in [5.41, 5.74) is -2.39. The summed E-state index contributed by atoms with van der Waals surface area (Å²) in [6.45, 7) is 0.143. The average Bonchev–Trinajstić information content (AvgIpc) is 2.09. The Labute approximate surface area is 87.4 Å². The molecule has 0 aromatic heterocycles. The van der Waals surface area contributed by atoms with Crippen molar-refractivity contribution in [2.24, 2.45) is 0 Å². The number of alkyl halides is 6. The van der Waals surface area contributed by atoms with Gasteiger partial charge in [-0.2, -0.15) is 26.3 Å². The van der Waals surface area contributed by atoms with Crippen LogP contribution in [0.1, 0.15) is 13.8 Å². The van der Waals surface area contributed by atoms with E-state index < -0.39 is 36.0 Å². The molecule has 0 unspecified atom stereocenters. The van der Waals surface area contributed by atoms with Crippen LogP contribution in [-0.2, 0) is 4.74 Å². The minimum Gasteiger partial charge on any atom is -0.488 e. The molecule has 0 heterocycles. The Kier molecular flexibility index (Phi) is 4.39. The second kappa shape index (κ2) is 4.75. The van der Waals surface area contributed by atoms with Gasteiger partial charge in [0, 0.05) is 5.57 Å². The first-order valence-corrected chi connectivity index (χ1v) is 3.98. The molecule has 1 N–H and O–H groups in total. The highest BCUT2D eigenvalue weighted by Gasteiger charge is 2.36. The fraction of sp³-hybridized carbons (Fsp3) is 0.625. The minimum atomic E-state index is -4.90. The molecule has 16 heavy (non-hydrogen) atoms. The summed E-state index contributed by atoms with van der Waals surface area (Å²) < 4.78 is 75.2. The van der Waals surface area contributed by atoms with E-state index in [0.717, 1.165) is 13.8 Å². The topological polar surface area (TPSA) is 33.1 Å². The Balaban J connectivity index is 4.67. The molecule has 0 aliphatic carbocycles. The quantitative estimate of drug-likeness (QED) is 0.464. The molecule has 0 aromatic rings. The number of nitrogens with one attached hydrogen (secondary N) is 1. The lowest BCUT2D eigenvalue weighted by molar-refractivity contribution is -0.164. The summed E-state index contributed by atoms with van der Waals surface area (Å²) >= 11 is 0. The van der Waals surface area contributed by atoms with Crippen LogP contribution in [-0.4, -0.2) is 24.7 Å². The predicted molar refractivity (Wildman–Crippen MR) is 44.2 cm³/mol. The summed E-state index contributed by atoms with van der Waals surface area (Å²) in [7, 11) is 0. The standard InChI is InChI=1S/C8H9F6NO/c1-4(6(15)8(12,13)14)5(2)16-3-7(9,10)11/h15H,3H2,1-2H3/b5-4+,15-6?. The first-order valence-electron chi connectivity index (χ1n) is 3.98. The van der Waals surface area contributed by atoms with Crippen LogP contribution in [0.3, 0.4) is 0 Å². The summed E-state index contributed by atoms with van der Waals surface area (Å²) in [6, 6.07) is 0. The Hall–Kier alpha value is -1.21. The second-order valence-corrected chi connectivity index (χ2v) is 2.96. The maximum absolute atomic E-state index is 12.0. The molecule has 0 fully saturated rings. The van der Waals surface area contributed by atoms with Gasteiger partial charge in [0.1, 0.15) is 5.71 Å². The zero-order chi connectivity index (χ0) is 13.1. The SMILES string of the molecule is C/C(OCC(F)(F)F)=C(/C)C(=N)C(F)(F)F. The number of hydrogen-bond donors (Lipinski definition) is 1. The zero-order valence-corrected chi connectivity index (χ0v) is 8.38. The van der Waals surface area contributed by atoms with Crippen molar-refractivity contribution in [2.45, 2.75) is 26.2 Å². The van der Waals surface area contributed by atoms with Crippen LogP contribution in [0.2, 0.25) is 0 Å². The fourth-order valence-electron chi connectivity index (χ4n) is 0.687. The van der Waals surface area contributed by atoms with E-state index in [2.05, 4.69) is 4.74 Å². The van der Waals surface area contributed by atoms with E-state index in [1.807, 2.05) is 0 Å². The lowest BCUT2D eigenvalue weighted by Crippen LogP contribution is -2.24. The van der Waals surface area contributed by atoms with E-state index in [1.54, 1.807) is 0 Å². The van der Waals surface area contributed by atoms with Gasteiger partial charge in [0.15, 0.2) is 6.61 Å². The van der Waals surface area contributed by atoms with Crippen molar-refractivity contribution in [3.63, 3.8) is 0 Å². The van der Waals surface area contributed by atoms with Crippen LogP contribution in [0.25, 0.3) is 0 Å². The van der Waals surface area contributed by atoms with Gasteiger partial charge in [-0.25, -0.2) is 0 Å². The van der Waals surface area contributed by atoms with Crippen molar-refractivity contribution in [1.82, 2.24) is 0 Å². The second-order valence-electron chi connectivity index (χ2n) is 2.96. The van der Waals surface area contributed by atoms with Crippen LogP contribution in [0.4, 0.5) is 26.3 Å². The van der Waals surface area contributed by atoms with Crippen LogP contribution in [0.15, 0.2) is 11.3 Å². The third-order valence-corrected chi connectivity index (χ3v) is 1.64. The van der Waals surface area contributed by atoms with Crippen molar-refractivity contribution in [3.05, 3.63) is 11.3 Å². The van der Waals surface area contributed by atoms with Gasteiger partial charge in [-0.15, -0.1) is 0 Å². The molecular weight excluding hydrogens is 240 g/mol. The summed E-state index contributed by atoms with van der Waals surface area (Å²) in [6.07, 6.45) is -9.52. The maximum atomic E-state index is 12.0. The Morgan fingerprint density at radius 2 is 1.50 bits per heavy atom. The molecule has 8 heteroatoms. The highest BCUT2D eigenvalue weighted by atomic mass is 19.4.